The predicted molar refractivity (Wildman–Crippen MR) is 528 cm³/mol. The van der Waals surface area contributed by atoms with Crippen LogP contribution in [0.5, 0.6) is 0 Å². The lowest BCUT2D eigenvalue weighted by Gasteiger charge is -2.18. The molecule has 572 valence electrons. The zero-order chi connectivity index (χ0) is 81.5. The van der Waals surface area contributed by atoms with E-state index in [2.05, 4.69) is 410 Å². The molecule has 0 aliphatic rings. The number of aromatic nitrogens is 4. The molecule has 0 aliphatic heterocycles. The van der Waals surface area contributed by atoms with E-state index in [9.17, 15) is 0 Å². The van der Waals surface area contributed by atoms with Gasteiger partial charge in [0.15, 0.2) is 0 Å². The van der Waals surface area contributed by atoms with E-state index in [0.29, 0.717) is 0 Å². The average molecular weight is 1570 g/mol. The van der Waals surface area contributed by atoms with Gasteiger partial charge in [0.1, 0.15) is 0 Å². The lowest BCUT2D eigenvalue weighted by atomic mass is 9.88. The summed E-state index contributed by atoms with van der Waals surface area (Å²) >= 11 is 0. The van der Waals surface area contributed by atoms with Crippen LogP contribution in [0.1, 0.15) is 0 Å². The van der Waals surface area contributed by atoms with Gasteiger partial charge in [0.05, 0.1) is 28.1 Å². The first-order valence-corrected chi connectivity index (χ1v) is 42.6. The van der Waals surface area contributed by atoms with Crippen molar-refractivity contribution in [2.75, 3.05) is 0 Å². The molecule has 0 N–H and O–H groups in total. The lowest BCUT2D eigenvalue weighted by Crippen LogP contribution is -1.94. The average Bonchev–Trinajstić information content (AvgIpc) is 0.725. The van der Waals surface area contributed by atoms with E-state index in [1.807, 2.05) is 36.8 Å². The summed E-state index contributed by atoms with van der Waals surface area (Å²) in [6.07, 6.45) is 5.57. The van der Waals surface area contributed by atoms with Crippen molar-refractivity contribution in [2.24, 2.45) is 0 Å². The second kappa shape index (κ2) is 28.7. The molecule has 0 saturated carbocycles. The van der Waals surface area contributed by atoms with E-state index in [1.54, 1.807) is 0 Å². The molecule has 0 bridgehead atoms. The molecule has 26 rings (SSSR count). The maximum Gasteiger partial charge on any atom is 0.0794 e. The number of hydrogen-bond donors (Lipinski definition) is 0. The highest BCUT2D eigenvalue weighted by molar-refractivity contribution is 6.31. The van der Waals surface area contributed by atoms with Crippen LogP contribution >= 0.6 is 0 Å². The molecule has 0 amide bonds. The van der Waals surface area contributed by atoms with Gasteiger partial charge in [-0.2, -0.15) is 0 Å². The lowest BCUT2D eigenvalue weighted by molar-refractivity contribution is 1.32. The molecule has 0 aliphatic carbocycles. The van der Waals surface area contributed by atoms with E-state index in [4.69, 9.17) is 9.97 Å². The maximum absolute atomic E-state index is 5.56. The van der Waals surface area contributed by atoms with Crippen LogP contribution in [0.3, 0.4) is 0 Å². The van der Waals surface area contributed by atoms with Gasteiger partial charge in [-0.05, 0) is 262 Å². The first-order valence-electron chi connectivity index (χ1n) is 42.6. The highest BCUT2D eigenvalue weighted by Gasteiger charge is 2.23. The molecule has 0 unspecified atom stereocenters. The molecule has 0 saturated heterocycles. The van der Waals surface area contributed by atoms with Gasteiger partial charge in [0.2, 0.25) is 0 Å². The van der Waals surface area contributed by atoms with Gasteiger partial charge in [-0.25, -0.2) is 9.97 Å². The fourth-order valence-corrected chi connectivity index (χ4v) is 20.4. The number of fused-ring (bicyclic) bond motifs is 30. The zero-order valence-corrected chi connectivity index (χ0v) is 67.4. The van der Waals surface area contributed by atoms with Crippen molar-refractivity contribution >= 4 is 173 Å². The fourth-order valence-electron chi connectivity index (χ4n) is 20.4. The molecule has 4 heteroatoms. The summed E-state index contributed by atoms with van der Waals surface area (Å²) in [5.74, 6) is 0. The summed E-state index contributed by atoms with van der Waals surface area (Å²) < 4.78 is 0. The second-order valence-corrected chi connectivity index (χ2v) is 32.9. The standard InChI is InChI=1S/2C60H36N2/c1-3-17-46-42(13-1)44-15-5-7-19-48(44)56-32-39(27-29-51(46)56)54-34-58-55(40-28-30-52-47-18-4-2-14-43(47)45-16-6-8-20-49(45)57(52)33-40)35-59(62-60(58)53-22-10-9-21-50(53)54)38-25-23-37(24-26-38)41-12-11-31-61-36-41;1-3-17-45-41(13-1)43-15-5-7-19-47(43)55-33-39(28-30-50(45)55)53-35-57-54(40-29-31-51-46-18-4-2-14-42(46)44-16-6-8-20-48(44)56(51)34-40)36-59(62-60(57)52-22-10-9-21-49(52)53)38-26-24-37(25-27-38)58-23-11-12-32-61-58/h2*1-36H. The van der Waals surface area contributed by atoms with Crippen molar-refractivity contribution in [1.29, 1.82) is 0 Å². The van der Waals surface area contributed by atoms with E-state index in [0.717, 1.165) is 99.7 Å². The van der Waals surface area contributed by atoms with Crippen molar-refractivity contribution in [2.45, 2.75) is 0 Å². The Morgan fingerprint density at radius 1 is 0.129 bits per heavy atom. The fraction of sp³-hybridized carbons (Fsp3) is 0. The predicted octanol–water partition coefficient (Wildman–Crippen LogP) is 32.7. The SMILES string of the molecule is c1ccc(-c2ccc(-c3cc(-c4ccc5c6ccccc6c6ccccc6c5c4)c4cc(-c5ccc6c7ccccc7c7ccccc7c6c5)c5ccccc5c4n3)cc2)nc1.c1cncc(-c2ccc(-c3cc(-c4ccc5c6ccccc6c6ccccc6c5c4)c4cc(-c5ccc6c7ccccc7c7ccccc7c6c5)c5ccccc5c4n3)cc2)c1. The van der Waals surface area contributed by atoms with Crippen LogP contribution in [0, 0.1) is 0 Å². The smallest absolute Gasteiger partial charge is 0.0794 e. The third kappa shape index (κ3) is 11.5. The number of pyridine rings is 4. The topological polar surface area (TPSA) is 51.6 Å². The Morgan fingerprint density at radius 2 is 0.371 bits per heavy atom. The van der Waals surface area contributed by atoms with Gasteiger partial charge >= 0.3 is 0 Å². The summed E-state index contributed by atoms with van der Waals surface area (Å²) in [7, 11) is 0. The third-order valence-corrected chi connectivity index (χ3v) is 26.2. The molecule has 4 aromatic heterocycles. The summed E-state index contributed by atoms with van der Waals surface area (Å²) in [6.45, 7) is 0. The third-order valence-electron chi connectivity index (χ3n) is 26.2. The summed E-state index contributed by atoms with van der Waals surface area (Å²) in [5.41, 5.74) is 19.6. The minimum Gasteiger partial charge on any atom is -0.264 e. The first-order chi connectivity index (χ1) is 61.5. The quantitative estimate of drug-likeness (QED) is 0.142. The number of hydrogen-bond acceptors (Lipinski definition) is 4. The Bertz CT molecular complexity index is 8310. The first kappa shape index (κ1) is 70.6. The Balaban J connectivity index is 0.000000136. The molecular formula is C120H72N4. The Morgan fingerprint density at radius 3 is 0.653 bits per heavy atom. The van der Waals surface area contributed by atoms with Crippen LogP contribution in [0.2, 0.25) is 0 Å². The Labute approximate surface area is 714 Å². The van der Waals surface area contributed by atoms with E-state index < -0.39 is 0 Å². The molecule has 0 radical (unpaired) electrons. The molecule has 124 heavy (non-hydrogen) atoms. The van der Waals surface area contributed by atoms with Crippen molar-refractivity contribution in [3.8, 4) is 89.4 Å². The van der Waals surface area contributed by atoms with E-state index >= 15 is 0 Å². The van der Waals surface area contributed by atoms with Gasteiger partial charge < -0.3 is 0 Å². The summed E-state index contributed by atoms with van der Waals surface area (Å²) in [6, 6.07) is 153. The Kier molecular flexibility index (Phi) is 16.3. The van der Waals surface area contributed by atoms with E-state index in [1.165, 1.54) is 162 Å². The molecule has 26 aromatic rings. The van der Waals surface area contributed by atoms with E-state index in [-0.39, 0.29) is 0 Å². The highest BCUT2D eigenvalue weighted by atomic mass is 14.7. The van der Waals surface area contributed by atoms with Crippen LogP contribution in [-0.4, -0.2) is 19.9 Å². The highest BCUT2D eigenvalue weighted by Crippen LogP contribution is 2.49. The molecule has 22 aromatic carbocycles. The molecule has 0 spiro atoms. The molecule has 4 heterocycles. The molecular weight excluding hydrogens is 1500 g/mol. The van der Waals surface area contributed by atoms with Gasteiger partial charge in [-0.3, -0.25) is 9.97 Å². The van der Waals surface area contributed by atoms with Gasteiger partial charge in [0, 0.05) is 56.8 Å². The largest absolute Gasteiger partial charge is 0.264 e. The summed E-state index contributed by atoms with van der Waals surface area (Å²) in [5, 5.41) is 37.3. The summed E-state index contributed by atoms with van der Waals surface area (Å²) in [4.78, 5) is 20.1. The van der Waals surface area contributed by atoms with Crippen LogP contribution in [0.15, 0.2) is 437 Å². The van der Waals surface area contributed by atoms with Crippen molar-refractivity contribution in [3.05, 3.63) is 437 Å². The normalized spacial score (nSPS) is 11.9. The van der Waals surface area contributed by atoms with Crippen molar-refractivity contribution < 1.29 is 0 Å². The van der Waals surface area contributed by atoms with Crippen LogP contribution in [0.25, 0.3) is 262 Å². The zero-order valence-electron chi connectivity index (χ0n) is 67.4. The minimum absolute atomic E-state index is 0.936. The van der Waals surface area contributed by atoms with Crippen LogP contribution in [-0.2, 0) is 0 Å². The van der Waals surface area contributed by atoms with Crippen molar-refractivity contribution in [3.63, 3.8) is 0 Å². The Hall–Kier alpha value is -16.4. The van der Waals surface area contributed by atoms with Crippen LogP contribution in [0.4, 0.5) is 0 Å². The van der Waals surface area contributed by atoms with Crippen LogP contribution < -0.4 is 0 Å². The van der Waals surface area contributed by atoms with Gasteiger partial charge in [-0.15, -0.1) is 0 Å². The monoisotopic (exact) mass is 1570 g/mol. The number of benzene rings is 22. The van der Waals surface area contributed by atoms with Gasteiger partial charge in [-0.1, -0.05) is 352 Å². The second-order valence-electron chi connectivity index (χ2n) is 32.9. The number of nitrogens with zero attached hydrogens (tertiary/aromatic N) is 4. The number of rotatable bonds is 8. The molecule has 0 atom stereocenters. The van der Waals surface area contributed by atoms with Crippen molar-refractivity contribution in [1.82, 2.24) is 19.9 Å². The maximum atomic E-state index is 5.56. The molecule has 0 fully saturated rings. The van der Waals surface area contributed by atoms with Gasteiger partial charge in [0.25, 0.3) is 0 Å². The minimum atomic E-state index is 0.936. The molecule has 4 nitrogen and oxygen atoms in total.